The quantitative estimate of drug-likeness (QED) is 0.254. The van der Waals surface area contributed by atoms with Crippen LogP contribution in [0, 0.1) is 5.92 Å². The molecule has 0 aromatic heterocycles. The third kappa shape index (κ3) is 16.2. The maximum atomic E-state index is 10.7. The summed E-state index contributed by atoms with van der Waals surface area (Å²) < 4.78 is 30.0. The molecule has 6 heteroatoms. The minimum atomic E-state index is -4.14. The normalized spacial score (nSPS) is 15.4. The fourth-order valence-corrected chi connectivity index (χ4v) is 3.10. The fourth-order valence-electron chi connectivity index (χ4n) is 2.42. The lowest BCUT2D eigenvalue weighted by atomic mass is 10.0. The van der Waals surface area contributed by atoms with Crippen LogP contribution in [-0.4, -0.2) is 36.0 Å². The molecule has 138 valence electrons. The molecule has 0 rings (SSSR count). The first-order chi connectivity index (χ1) is 10.7. The maximum Gasteiger partial charge on any atom is 0.266 e. The largest absolute Gasteiger partial charge is 0.387 e. The van der Waals surface area contributed by atoms with Crippen molar-refractivity contribution in [1.29, 1.82) is 0 Å². The minimum Gasteiger partial charge on any atom is -0.387 e. The van der Waals surface area contributed by atoms with Gasteiger partial charge in [0.05, 0.1) is 17.9 Å². The number of hydrogen-bond donors (Lipinski definition) is 3. The van der Waals surface area contributed by atoms with Gasteiger partial charge in [-0.05, 0) is 18.8 Å². The standard InChI is InChI=1S/C17H35NO4S/c1-15(2)12-10-8-6-4-3-5-7-9-11-13-17(19)16(18)14-23(20,21)22/h11,13,15-17,19H,3-10,12,14,18H2,1-2H3,(H,20,21,22). The number of aliphatic hydroxyl groups excluding tert-OH is 1. The van der Waals surface area contributed by atoms with E-state index in [1.54, 1.807) is 0 Å². The van der Waals surface area contributed by atoms with E-state index in [2.05, 4.69) is 13.8 Å². The van der Waals surface area contributed by atoms with Crippen LogP contribution in [0.5, 0.6) is 0 Å². The Balaban J connectivity index is 3.53. The van der Waals surface area contributed by atoms with E-state index in [9.17, 15) is 13.5 Å². The van der Waals surface area contributed by atoms with Crippen molar-refractivity contribution in [2.45, 2.75) is 83.8 Å². The monoisotopic (exact) mass is 349 g/mol. The molecule has 0 heterocycles. The number of rotatable bonds is 14. The predicted molar refractivity (Wildman–Crippen MR) is 95.9 cm³/mol. The lowest BCUT2D eigenvalue weighted by Gasteiger charge is -2.13. The molecule has 0 saturated carbocycles. The molecule has 0 aliphatic heterocycles. The zero-order valence-corrected chi connectivity index (χ0v) is 15.5. The van der Waals surface area contributed by atoms with Gasteiger partial charge in [0.2, 0.25) is 0 Å². The average Bonchev–Trinajstić information content (AvgIpc) is 2.42. The third-order valence-electron chi connectivity index (χ3n) is 3.83. The zero-order chi connectivity index (χ0) is 17.7. The van der Waals surface area contributed by atoms with E-state index in [1.165, 1.54) is 51.0 Å². The molecule has 23 heavy (non-hydrogen) atoms. The molecule has 4 N–H and O–H groups in total. The van der Waals surface area contributed by atoms with Gasteiger partial charge in [-0.3, -0.25) is 4.55 Å². The van der Waals surface area contributed by atoms with Gasteiger partial charge in [-0.1, -0.05) is 70.9 Å². The van der Waals surface area contributed by atoms with Crippen molar-refractivity contribution in [2.24, 2.45) is 11.7 Å². The zero-order valence-electron chi connectivity index (χ0n) is 14.7. The van der Waals surface area contributed by atoms with E-state index in [0.717, 1.165) is 18.8 Å². The lowest BCUT2D eigenvalue weighted by molar-refractivity contribution is 0.198. The first-order valence-corrected chi connectivity index (χ1v) is 10.4. The van der Waals surface area contributed by atoms with Crippen molar-refractivity contribution in [3.05, 3.63) is 12.2 Å². The van der Waals surface area contributed by atoms with Gasteiger partial charge < -0.3 is 10.8 Å². The SMILES string of the molecule is CC(C)CCCCCCCCCC=CC(O)C(N)CS(=O)(=O)O. The topological polar surface area (TPSA) is 101 Å². The Morgan fingerprint density at radius 1 is 1.00 bits per heavy atom. The molecule has 0 spiro atoms. The van der Waals surface area contributed by atoms with E-state index in [0.29, 0.717) is 0 Å². The van der Waals surface area contributed by atoms with Crippen LogP contribution < -0.4 is 5.73 Å². The van der Waals surface area contributed by atoms with E-state index in [1.807, 2.05) is 6.08 Å². The minimum absolute atomic E-state index is 0.630. The first kappa shape index (κ1) is 22.6. The second-order valence-corrected chi connectivity index (χ2v) is 8.27. The highest BCUT2D eigenvalue weighted by atomic mass is 32.2. The highest BCUT2D eigenvalue weighted by Gasteiger charge is 2.18. The second kappa shape index (κ2) is 12.9. The summed E-state index contributed by atoms with van der Waals surface area (Å²) >= 11 is 0. The van der Waals surface area contributed by atoms with Crippen LogP contribution in [0.3, 0.4) is 0 Å². The average molecular weight is 350 g/mol. The van der Waals surface area contributed by atoms with E-state index < -0.39 is 28.0 Å². The Labute approximate surface area is 142 Å². The molecule has 0 saturated heterocycles. The van der Waals surface area contributed by atoms with Crippen molar-refractivity contribution in [3.8, 4) is 0 Å². The number of unbranched alkanes of at least 4 members (excludes halogenated alkanes) is 7. The lowest BCUT2D eigenvalue weighted by Crippen LogP contribution is -2.39. The summed E-state index contributed by atoms with van der Waals surface area (Å²) in [5.74, 6) is 0.178. The number of allylic oxidation sites excluding steroid dienone is 1. The van der Waals surface area contributed by atoms with Crippen molar-refractivity contribution in [1.82, 2.24) is 0 Å². The Morgan fingerprint density at radius 3 is 2.04 bits per heavy atom. The summed E-state index contributed by atoms with van der Waals surface area (Å²) in [5.41, 5.74) is 5.50. The molecule has 0 aliphatic rings. The first-order valence-electron chi connectivity index (χ1n) is 8.78. The van der Waals surface area contributed by atoms with Crippen molar-refractivity contribution in [2.75, 3.05) is 5.75 Å². The smallest absolute Gasteiger partial charge is 0.266 e. The van der Waals surface area contributed by atoms with Gasteiger partial charge in [0.1, 0.15) is 0 Å². The molecule has 0 amide bonds. The molecule has 0 aromatic carbocycles. The molecule has 5 nitrogen and oxygen atoms in total. The number of hydrogen-bond acceptors (Lipinski definition) is 4. The van der Waals surface area contributed by atoms with Crippen LogP contribution >= 0.6 is 0 Å². The Bertz CT molecular complexity index is 407. The molecule has 0 aromatic rings. The highest BCUT2D eigenvalue weighted by molar-refractivity contribution is 7.85. The summed E-state index contributed by atoms with van der Waals surface area (Å²) in [4.78, 5) is 0. The van der Waals surface area contributed by atoms with Crippen LogP contribution in [0.4, 0.5) is 0 Å². The molecule has 2 atom stereocenters. The number of nitrogens with two attached hydrogens (primary N) is 1. The Morgan fingerprint density at radius 2 is 1.52 bits per heavy atom. The van der Waals surface area contributed by atoms with Crippen molar-refractivity contribution >= 4 is 10.1 Å². The summed E-state index contributed by atoms with van der Waals surface area (Å²) in [5, 5.41) is 9.66. The highest BCUT2D eigenvalue weighted by Crippen LogP contribution is 2.12. The van der Waals surface area contributed by atoms with Gasteiger partial charge in [-0.25, -0.2) is 0 Å². The second-order valence-electron chi connectivity index (χ2n) is 6.78. The van der Waals surface area contributed by atoms with Gasteiger partial charge in [0.25, 0.3) is 10.1 Å². The molecular weight excluding hydrogens is 314 g/mol. The van der Waals surface area contributed by atoms with Gasteiger partial charge in [-0.15, -0.1) is 0 Å². The molecule has 0 aliphatic carbocycles. The molecule has 0 bridgehead atoms. The van der Waals surface area contributed by atoms with Crippen molar-refractivity contribution in [3.63, 3.8) is 0 Å². The third-order valence-corrected chi connectivity index (χ3v) is 4.63. The van der Waals surface area contributed by atoms with Crippen molar-refractivity contribution < 1.29 is 18.1 Å². The van der Waals surface area contributed by atoms with Crippen LogP contribution in [0.25, 0.3) is 0 Å². The molecular formula is C17H35NO4S. The summed E-state index contributed by atoms with van der Waals surface area (Å²) in [6, 6.07) is -0.993. The predicted octanol–water partition coefficient (Wildman–Crippen LogP) is 3.29. The molecule has 0 radical (unpaired) electrons. The summed E-state index contributed by atoms with van der Waals surface area (Å²) in [7, 11) is -4.14. The Kier molecular flexibility index (Phi) is 12.7. The maximum absolute atomic E-state index is 10.7. The van der Waals surface area contributed by atoms with Gasteiger partial charge in [-0.2, -0.15) is 8.42 Å². The number of aliphatic hydroxyl groups is 1. The van der Waals surface area contributed by atoms with E-state index in [-0.39, 0.29) is 0 Å². The van der Waals surface area contributed by atoms with E-state index >= 15 is 0 Å². The molecule has 0 fully saturated rings. The Hall–Kier alpha value is -0.430. The summed E-state index contributed by atoms with van der Waals surface area (Å²) in [6.45, 7) is 4.53. The van der Waals surface area contributed by atoms with Gasteiger partial charge in [0, 0.05) is 0 Å². The van der Waals surface area contributed by atoms with Crippen LogP contribution in [0.1, 0.15) is 71.6 Å². The summed E-state index contributed by atoms with van der Waals surface area (Å²) in [6.07, 6.45) is 13.2. The van der Waals surface area contributed by atoms with Crippen LogP contribution in [0.15, 0.2) is 12.2 Å². The van der Waals surface area contributed by atoms with Gasteiger partial charge >= 0.3 is 0 Å². The van der Waals surface area contributed by atoms with E-state index in [4.69, 9.17) is 10.3 Å². The van der Waals surface area contributed by atoms with Crippen LogP contribution in [0.2, 0.25) is 0 Å². The molecule has 2 unspecified atom stereocenters. The van der Waals surface area contributed by atoms with Gasteiger partial charge in [0.15, 0.2) is 0 Å². The van der Waals surface area contributed by atoms with Crippen LogP contribution in [-0.2, 0) is 10.1 Å². The fraction of sp³-hybridized carbons (Fsp3) is 0.882.